The molecule has 0 aromatic carbocycles. The van der Waals surface area contributed by atoms with Crippen molar-refractivity contribution >= 4 is 11.7 Å². The molecule has 0 saturated heterocycles. The fraction of sp³-hybridized carbons (Fsp3) is 0.571. The number of hydrogen-bond donors (Lipinski definition) is 2. The van der Waals surface area contributed by atoms with E-state index in [0.29, 0.717) is 17.3 Å². The van der Waals surface area contributed by atoms with Crippen molar-refractivity contribution in [3.63, 3.8) is 0 Å². The summed E-state index contributed by atoms with van der Waals surface area (Å²) in [5.41, 5.74) is 5.80. The van der Waals surface area contributed by atoms with Crippen molar-refractivity contribution < 1.29 is 4.79 Å². The number of anilines is 1. The first-order chi connectivity index (χ1) is 8.90. The van der Waals surface area contributed by atoms with E-state index in [2.05, 4.69) is 29.0 Å². The van der Waals surface area contributed by atoms with Gasteiger partial charge in [-0.15, -0.1) is 0 Å². The Labute approximate surface area is 115 Å². The quantitative estimate of drug-likeness (QED) is 0.784. The van der Waals surface area contributed by atoms with Crippen LogP contribution in [0.25, 0.3) is 0 Å². The Hall–Kier alpha value is -1.62. The Balaban J connectivity index is 2.86. The van der Waals surface area contributed by atoms with Gasteiger partial charge >= 0.3 is 0 Å². The average molecular weight is 264 g/mol. The molecular weight excluding hydrogens is 240 g/mol. The van der Waals surface area contributed by atoms with Crippen LogP contribution in [0, 0.1) is 5.92 Å². The molecule has 106 valence electrons. The molecule has 19 heavy (non-hydrogen) atoms. The maximum absolute atomic E-state index is 11.4. The molecule has 1 unspecified atom stereocenters. The maximum atomic E-state index is 11.4. The number of carbonyl (C=O) groups excluding carboxylic acids is 1. The van der Waals surface area contributed by atoms with Gasteiger partial charge < -0.3 is 16.0 Å². The number of hydrogen-bond acceptors (Lipinski definition) is 4. The topological polar surface area (TPSA) is 71.2 Å². The zero-order valence-corrected chi connectivity index (χ0v) is 12.2. The zero-order chi connectivity index (χ0) is 14.4. The van der Waals surface area contributed by atoms with Gasteiger partial charge in [-0.2, -0.15) is 0 Å². The predicted molar refractivity (Wildman–Crippen MR) is 78.2 cm³/mol. The zero-order valence-electron chi connectivity index (χ0n) is 12.2. The van der Waals surface area contributed by atoms with Crippen LogP contribution in [0.4, 0.5) is 5.82 Å². The van der Waals surface area contributed by atoms with Gasteiger partial charge in [0.1, 0.15) is 5.82 Å². The van der Waals surface area contributed by atoms with Gasteiger partial charge in [-0.3, -0.25) is 4.79 Å². The highest BCUT2D eigenvalue weighted by atomic mass is 16.1. The molecule has 1 rings (SSSR count). The van der Waals surface area contributed by atoms with Gasteiger partial charge in [0.25, 0.3) is 5.91 Å². The molecule has 1 aromatic rings. The van der Waals surface area contributed by atoms with Crippen LogP contribution >= 0.6 is 0 Å². The summed E-state index contributed by atoms with van der Waals surface area (Å²) in [5.74, 6) is 0.685. The van der Waals surface area contributed by atoms with Crippen LogP contribution in [0.3, 0.4) is 0 Å². The van der Waals surface area contributed by atoms with Gasteiger partial charge in [0, 0.05) is 18.8 Å². The molecule has 0 spiro atoms. The van der Waals surface area contributed by atoms with E-state index >= 15 is 0 Å². The first kappa shape index (κ1) is 15.4. The highest BCUT2D eigenvalue weighted by molar-refractivity contribution is 5.97. The second kappa shape index (κ2) is 7.09. The summed E-state index contributed by atoms with van der Waals surface area (Å²) in [7, 11) is 4.06. The van der Waals surface area contributed by atoms with E-state index < -0.39 is 5.91 Å². The summed E-state index contributed by atoms with van der Waals surface area (Å²) in [6, 6.07) is 3.65. The van der Waals surface area contributed by atoms with Crippen LogP contribution in [0.1, 0.15) is 30.6 Å². The first-order valence-corrected chi connectivity index (χ1v) is 6.56. The monoisotopic (exact) mass is 264 g/mol. The number of nitrogens with zero attached hydrogens (tertiary/aromatic N) is 2. The van der Waals surface area contributed by atoms with E-state index in [-0.39, 0.29) is 6.04 Å². The van der Waals surface area contributed by atoms with Crippen molar-refractivity contribution in [2.24, 2.45) is 11.7 Å². The van der Waals surface area contributed by atoms with E-state index in [1.807, 2.05) is 14.1 Å². The maximum Gasteiger partial charge on any atom is 0.252 e. The fourth-order valence-electron chi connectivity index (χ4n) is 2.10. The minimum absolute atomic E-state index is 0.239. The Bertz CT molecular complexity index is 408. The number of pyridine rings is 1. The summed E-state index contributed by atoms with van der Waals surface area (Å²) >= 11 is 0. The van der Waals surface area contributed by atoms with Gasteiger partial charge in [-0.25, -0.2) is 4.98 Å². The number of amides is 1. The summed E-state index contributed by atoms with van der Waals surface area (Å²) in [4.78, 5) is 17.7. The third kappa shape index (κ3) is 5.26. The highest BCUT2D eigenvalue weighted by Crippen LogP contribution is 2.15. The van der Waals surface area contributed by atoms with Gasteiger partial charge in [-0.05, 0) is 38.6 Å². The second-order valence-electron chi connectivity index (χ2n) is 5.50. The summed E-state index contributed by atoms with van der Waals surface area (Å²) in [5, 5.41) is 3.34. The molecule has 1 aromatic heterocycles. The van der Waals surface area contributed by atoms with E-state index in [4.69, 9.17) is 5.73 Å². The fourth-order valence-corrected chi connectivity index (χ4v) is 2.10. The van der Waals surface area contributed by atoms with Gasteiger partial charge in [0.2, 0.25) is 0 Å². The van der Waals surface area contributed by atoms with Crippen LogP contribution in [0.5, 0.6) is 0 Å². The number of primary amides is 1. The lowest BCUT2D eigenvalue weighted by molar-refractivity contribution is 0.100. The van der Waals surface area contributed by atoms with Gasteiger partial charge in [0.05, 0.1) is 5.56 Å². The standard InChI is InChI=1S/C14H24N4O/c1-10(2)8-11(9-18(3)4)17-14-12(13(15)19)6-5-7-16-14/h5-7,10-11H,8-9H2,1-4H3,(H2,15,19)(H,16,17). The molecule has 1 amide bonds. The molecule has 0 saturated carbocycles. The summed E-state index contributed by atoms with van der Waals surface area (Å²) < 4.78 is 0. The van der Waals surface area contributed by atoms with Gasteiger partial charge in [0.15, 0.2) is 0 Å². The Morgan fingerprint density at radius 1 is 1.47 bits per heavy atom. The molecule has 1 atom stereocenters. The second-order valence-corrected chi connectivity index (χ2v) is 5.50. The normalized spacial score (nSPS) is 12.7. The summed E-state index contributed by atoms with van der Waals surface area (Å²) in [6.45, 7) is 5.24. The number of aromatic nitrogens is 1. The number of likely N-dealkylation sites (N-methyl/N-ethyl adjacent to an activating group) is 1. The molecular formula is C14H24N4O. The predicted octanol–water partition coefficient (Wildman–Crippen LogP) is 1.57. The van der Waals surface area contributed by atoms with Crippen molar-refractivity contribution in [3.05, 3.63) is 23.9 Å². The molecule has 0 aliphatic carbocycles. The third-order valence-corrected chi connectivity index (χ3v) is 2.76. The van der Waals surface area contributed by atoms with E-state index in [9.17, 15) is 4.79 Å². The minimum Gasteiger partial charge on any atom is -0.365 e. The largest absolute Gasteiger partial charge is 0.365 e. The Morgan fingerprint density at radius 3 is 2.68 bits per heavy atom. The lowest BCUT2D eigenvalue weighted by Crippen LogP contribution is -2.34. The van der Waals surface area contributed by atoms with Crippen LogP contribution in [-0.4, -0.2) is 42.5 Å². The van der Waals surface area contributed by atoms with E-state index in [1.54, 1.807) is 18.3 Å². The van der Waals surface area contributed by atoms with Crippen molar-refractivity contribution in [1.29, 1.82) is 0 Å². The Morgan fingerprint density at radius 2 is 2.16 bits per heavy atom. The minimum atomic E-state index is -0.455. The number of nitrogens with two attached hydrogens (primary N) is 1. The van der Waals surface area contributed by atoms with Crippen molar-refractivity contribution in [1.82, 2.24) is 9.88 Å². The molecule has 0 radical (unpaired) electrons. The third-order valence-electron chi connectivity index (χ3n) is 2.76. The molecule has 5 nitrogen and oxygen atoms in total. The summed E-state index contributed by atoms with van der Waals surface area (Å²) in [6.07, 6.45) is 2.67. The lowest BCUT2D eigenvalue weighted by Gasteiger charge is -2.25. The average Bonchev–Trinajstić information content (AvgIpc) is 2.27. The van der Waals surface area contributed by atoms with Crippen molar-refractivity contribution in [3.8, 4) is 0 Å². The molecule has 0 fully saturated rings. The van der Waals surface area contributed by atoms with Crippen LogP contribution < -0.4 is 11.1 Å². The first-order valence-electron chi connectivity index (χ1n) is 6.56. The molecule has 5 heteroatoms. The number of nitrogens with one attached hydrogen (secondary N) is 1. The Kier molecular flexibility index (Phi) is 5.76. The van der Waals surface area contributed by atoms with Crippen LogP contribution in [0.15, 0.2) is 18.3 Å². The molecule has 0 aliphatic rings. The van der Waals surface area contributed by atoms with E-state index in [1.165, 1.54) is 0 Å². The molecule has 0 aliphatic heterocycles. The van der Waals surface area contributed by atoms with E-state index in [0.717, 1.165) is 13.0 Å². The highest BCUT2D eigenvalue weighted by Gasteiger charge is 2.16. The smallest absolute Gasteiger partial charge is 0.252 e. The number of rotatable bonds is 7. The van der Waals surface area contributed by atoms with Crippen molar-refractivity contribution in [2.75, 3.05) is 26.0 Å². The SMILES string of the molecule is CC(C)CC(CN(C)C)Nc1ncccc1C(N)=O. The molecule has 1 heterocycles. The van der Waals surface area contributed by atoms with Crippen molar-refractivity contribution in [2.45, 2.75) is 26.3 Å². The van der Waals surface area contributed by atoms with Gasteiger partial charge in [-0.1, -0.05) is 13.8 Å². The number of carbonyl (C=O) groups is 1. The van der Waals surface area contributed by atoms with Crippen LogP contribution in [0.2, 0.25) is 0 Å². The van der Waals surface area contributed by atoms with Crippen LogP contribution in [-0.2, 0) is 0 Å². The molecule has 0 bridgehead atoms. The lowest BCUT2D eigenvalue weighted by atomic mass is 10.0. The molecule has 3 N–H and O–H groups in total.